The van der Waals surface area contributed by atoms with E-state index in [9.17, 15) is 9.59 Å². The van der Waals surface area contributed by atoms with E-state index in [0.717, 1.165) is 25.0 Å². The van der Waals surface area contributed by atoms with E-state index in [1.54, 1.807) is 24.3 Å². The molecular weight excluding hydrogens is 388 g/mol. The Bertz CT molecular complexity index is 1090. The van der Waals surface area contributed by atoms with Crippen molar-refractivity contribution in [1.29, 1.82) is 0 Å². The van der Waals surface area contributed by atoms with Gasteiger partial charge in [-0.1, -0.05) is 41.9 Å². The number of amides is 1. The van der Waals surface area contributed by atoms with Crippen LogP contribution in [0.4, 0.5) is 0 Å². The number of rotatable bonds is 6. The third-order valence-electron chi connectivity index (χ3n) is 5.31. The molecule has 0 bridgehead atoms. The van der Waals surface area contributed by atoms with E-state index < -0.39 is 0 Å². The highest BCUT2D eigenvalue weighted by atomic mass is 35.5. The van der Waals surface area contributed by atoms with E-state index in [-0.39, 0.29) is 18.0 Å². The van der Waals surface area contributed by atoms with E-state index in [0.29, 0.717) is 28.2 Å². The molecule has 1 N–H and O–H groups in total. The molecule has 1 aromatic heterocycles. The first-order valence-corrected chi connectivity index (χ1v) is 10.2. The maximum Gasteiger partial charge on any atom is 0.274 e. The highest BCUT2D eigenvalue weighted by Crippen LogP contribution is 2.16. The van der Waals surface area contributed by atoms with Crippen LogP contribution in [-0.4, -0.2) is 40.2 Å². The monoisotopic (exact) mass is 410 g/mol. The lowest BCUT2D eigenvalue weighted by Gasteiger charge is -2.16. The Morgan fingerprint density at radius 1 is 1.00 bits per heavy atom. The van der Waals surface area contributed by atoms with Crippen molar-refractivity contribution >= 4 is 28.3 Å². The predicted octanol–water partition coefficient (Wildman–Crippen LogP) is 3.08. The van der Waals surface area contributed by atoms with Crippen molar-refractivity contribution in [3.63, 3.8) is 0 Å². The molecule has 1 aliphatic rings. The fraction of sp³-hybridized carbons (Fsp3) is 0.318. The minimum absolute atomic E-state index is 0.0963. The van der Waals surface area contributed by atoms with Crippen LogP contribution >= 0.6 is 11.6 Å². The molecule has 4 rings (SSSR count). The zero-order valence-corrected chi connectivity index (χ0v) is 16.9. The topological polar surface area (TPSA) is 67.2 Å². The normalized spacial score (nSPS) is 14.4. The first-order chi connectivity index (χ1) is 14.1. The van der Waals surface area contributed by atoms with Gasteiger partial charge in [-0.05, 0) is 44.1 Å². The molecule has 0 radical (unpaired) electrons. The van der Waals surface area contributed by atoms with Crippen molar-refractivity contribution in [3.05, 3.63) is 75.2 Å². The number of halogens is 1. The number of carbonyl (C=O) groups is 1. The van der Waals surface area contributed by atoms with Gasteiger partial charge in [-0.2, -0.15) is 5.10 Å². The lowest BCUT2D eigenvalue weighted by atomic mass is 10.1. The van der Waals surface area contributed by atoms with Crippen molar-refractivity contribution < 1.29 is 4.79 Å². The van der Waals surface area contributed by atoms with E-state index >= 15 is 0 Å². The number of hydrogen-bond donors (Lipinski definition) is 1. The van der Waals surface area contributed by atoms with Gasteiger partial charge in [-0.3, -0.25) is 9.59 Å². The van der Waals surface area contributed by atoms with Gasteiger partial charge in [0.1, 0.15) is 0 Å². The van der Waals surface area contributed by atoms with Gasteiger partial charge in [0.2, 0.25) is 0 Å². The molecule has 0 atom stereocenters. The second-order valence-electron chi connectivity index (χ2n) is 7.23. The number of nitrogens with zero attached hydrogens (tertiary/aromatic N) is 3. The molecule has 0 aliphatic carbocycles. The summed E-state index contributed by atoms with van der Waals surface area (Å²) < 4.78 is 1.53. The van der Waals surface area contributed by atoms with Gasteiger partial charge in [0, 0.05) is 11.9 Å². The highest BCUT2D eigenvalue weighted by Gasteiger charge is 2.15. The van der Waals surface area contributed by atoms with E-state index in [4.69, 9.17) is 11.6 Å². The minimum Gasteiger partial charge on any atom is -0.346 e. The van der Waals surface area contributed by atoms with Crippen LogP contribution in [0.1, 0.15) is 28.9 Å². The zero-order valence-electron chi connectivity index (χ0n) is 16.1. The van der Waals surface area contributed by atoms with Crippen LogP contribution < -0.4 is 10.9 Å². The van der Waals surface area contributed by atoms with Crippen LogP contribution in [0.15, 0.2) is 53.3 Å². The molecule has 29 heavy (non-hydrogen) atoms. The molecule has 150 valence electrons. The van der Waals surface area contributed by atoms with Crippen molar-refractivity contribution in [2.75, 3.05) is 19.6 Å². The second kappa shape index (κ2) is 8.76. The quantitative estimate of drug-likeness (QED) is 0.678. The molecule has 1 aliphatic heterocycles. The summed E-state index contributed by atoms with van der Waals surface area (Å²) in [6, 6.07) is 14.3. The van der Waals surface area contributed by atoms with E-state index in [2.05, 4.69) is 15.3 Å². The number of hydrogen-bond acceptors (Lipinski definition) is 4. The predicted molar refractivity (Wildman–Crippen MR) is 114 cm³/mol. The first kappa shape index (κ1) is 19.6. The van der Waals surface area contributed by atoms with E-state index in [1.165, 1.54) is 17.5 Å². The van der Waals surface area contributed by atoms with Crippen LogP contribution in [0.5, 0.6) is 0 Å². The highest BCUT2D eigenvalue weighted by molar-refractivity contribution is 6.33. The fourth-order valence-electron chi connectivity index (χ4n) is 3.73. The Kier molecular flexibility index (Phi) is 5.92. The maximum absolute atomic E-state index is 12.9. The molecule has 0 saturated carbocycles. The molecule has 3 aromatic rings. The van der Waals surface area contributed by atoms with Crippen LogP contribution in [0.25, 0.3) is 10.8 Å². The third kappa shape index (κ3) is 4.33. The lowest BCUT2D eigenvalue weighted by molar-refractivity contribution is 0.0950. The van der Waals surface area contributed by atoms with Crippen molar-refractivity contribution in [3.8, 4) is 0 Å². The Labute approximate surface area is 174 Å². The second-order valence-corrected chi connectivity index (χ2v) is 7.64. The largest absolute Gasteiger partial charge is 0.346 e. The van der Waals surface area contributed by atoms with Crippen molar-refractivity contribution in [1.82, 2.24) is 20.0 Å². The van der Waals surface area contributed by atoms with Gasteiger partial charge >= 0.3 is 0 Å². The molecule has 0 unspecified atom stereocenters. The summed E-state index contributed by atoms with van der Waals surface area (Å²) in [5, 5.41) is 9.24. The summed E-state index contributed by atoms with van der Waals surface area (Å²) in [6.45, 7) is 3.70. The summed E-state index contributed by atoms with van der Waals surface area (Å²) in [5.41, 5.74) is 0.990. The number of likely N-dealkylation sites (tertiary alicyclic amines) is 1. The Morgan fingerprint density at radius 2 is 1.69 bits per heavy atom. The van der Waals surface area contributed by atoms with Crippen LogP contribution in [0, 0.1) is 0 Å². The Hall–Kier alpha value is -2.70. The minimum atomic E-state index is -0.267. The van der Waals surface area contributed by atoms with Crippen molar-refractivity contribution in [2.45, 2.75) is 25.9 Å². The number of fused-ring (bicyclic) bond motifs is 1. The van der Waals surface area contributed by atoms with Gasteiger partial charge in [0.25, 0.3) is 11.5 Å². The molecule has 2 aromatic carbocycles. The molecule has 2 heterocycles. The van der Waals surface area contributed by atoms with Gasteiger partial charge in [0.05, 0.1) is 34.8 Å². The van der Waals surface area contributed by atoms with E-state index in [1.807, 2.05) is 24.3 Å². The van der Waals surface area contributed by atoms with Gasteiger partial charge in [-0.15, -0.1) is 0 Å². The molecule has 1 fully saturated rings. The summed E-state index contributed by atoms with van der Waals surface area (Å²) in [4.78, 5) is 27.7. The maximum atomic E-state index is 12.9. The molecule has 6 nitrogen and oxygen atoms in total. The van der Waals surface area contributed by atoms with Gasteiger partial charge < -0.3 is 10.2 Å². The Balaban J connectivity index is 1.59. The average molecular weight is 411 g/mol. The first-order valence-electron chi connectivity index (χ1n) is 9.87. The smallest absolute Gasteiger partial charge is 0.274 e. The number of aromatic nitrogens is 2. The third-order valence-corrected chi connectivity index (χ3v) is 5.64. The summed E-state index contributed by atoms with van der Waals surface area (Å²) in [6.07, 6.45) is 2.42. The molecular formula is C22H23ClN4O2. The van der Waals surface area contributed by atoms with Crippen molar-refractivity contribution in [2.24, 2.45) is 0 Å². The van der Waals surface area contributed by atoms with Gasteiger partial charge in [-0.25, -0.2) is 4.68 Å². The van der Waals surface area contributed by atoms with Crippen LogP contribution in [-0.2, 0) is 13.1 Å². The fourth-order valence-corrected chi connectivity index (χ4v) is 3.96. The molecule has 0 spiro atoms. The van der Waals surface area contributed by atoms with Crippen LogP contribution in [0.3, 0.4) is 0 Å². The average Bonchev–Trinajstić information content (AvgIpc) is 3.26. The van der Waals surface area contributed by atoms with Crippen LogP contribution in [0.2, 0.25) is 5.02 Å². The lowest BCUT2D eigenvalue weighted by Crippen LogP contribution is -2.32. The zero-order chi connectivity index (χ0) is 20.2. The SMILES string of the molecule is O=C(NCc1nn(CCN2CCCC2)c(=O)c2ccccc12)c1ccccc1Cl. The molecule has 7 heteroatoms. The Morgan fingerprint density at radius 3 is 2.45 bits per heavy atom. The van der Waals surface area contributed by atoms with Gasteiger partial charge in [0.15, 0.2) is 0 Å². The molecule has 1 saturated heterocycles. The molecule has 1 amide bonds. The summed E-state index contributed by atoms with van der Waals surface area (Å²) >= 11 is 6.12. The number of benzene rings is 2. The number of nitrogens with one attached hydrogen (secondary N) is 1. The summed E-state index contributed by atoms with van der Waals surface area (Å²) in [5.74, 6) is -0.267. The standard InChI is InChI=1S/C22H23ClN4O2/c23-19-10-4-3-9-18(19)21(28)24-15-20-16-7-1-2-8-17(16)22(29)27(25-20)14-13-26-11-5-6-12-26/h1-4,7-10H,5-6,11-15H2,(H,24,28). The summed E-state index contributed by atoms with van der Waals surface area (Å²) in [7, 11) is 0. The number of carbonyl (C=O) groups excluding carboxylic acids is 1.